The maximum Gasteiger partial charge on any atom is 0.311 e. The molecule has 7 nitrogen and oxygen atoms in total. The number of hydrogen-bond acceptors (Lipinski definition) is 6. The first kappa shape index (κ1) is 20.9. The number of benzodiazepines with no additional fused rings is 1. The van der Waals surface area contributed by atoms with Gasteiger partial charge in [-0.05, 0) is 44.2 Å². The monoisotopic (exact) mass is 456 g/mol. The molecule has 0 amide bonds. The molecule has 0 fully saturated rings. The van der Waals surface area contributed by atoms with Crippen molar-refractivity contribution in [2.45, 2.75) is 19.9 Å². The van der Waals surface area contributed by atoms with E-state index in [1.807, 2.05) is 36.4 Å². The van der Waals surface area contributed by atoms with E-state index < -0.39 is 17.9 Å². The normalized spacial score (nSPS) is 18.1. The van der Waals surface area contributed by atoms with Crippen LogP contribution in [0.25, 0.3) is 0 Å². The lowest BCUT2D eigenvalue weighted by Gasteiger charge is -2.20. The Hall–Kier alpha value is -2.87. The molecule has 0 bridgehead atoms. The molecule has 1 N–H and O–H groups in total. The summed E-state index contributed by atoms with van der Waals surface area (Å²) in [7, 11) is 1.34. The molecule has 2 aromatic rings. The number of ketones is 1. The number of rotatable bonds is 5. The third-order valence-electron chi connectivity index (χ3n) is 4.47. The number of nitrogens with zero attached hydrogens (tertiary/aromatic N) is 3. The number of benzene rings is 1. The van der Waals surface area contributed by atoms with Crippen LogP contribution >= 0.6 is 15.9 Å². The maximum absolute atomic E-state index is 12.3. The Morgan fingerprint density at radius 3 is 2.76 bits per heavy atom. The van der Waals surface area contributed by atoms with E-state index in [0.717, 1.165) is 15.7 Å². The number of aliphatic imine (C=N–C) groups is 2. The Bertz CT molecular complexity index is 989. The lowest BCUT2D eigenvalue weighted by atomic mass is 10.0. The van der Waals surface area contributed by atoms with Crippen LogP contribution in [0.2, 0.25) is 0 Å². The fourth-order valence-electron chi connectivity index (χ4n) is 3.00. The summed E-state index contributed by atoms with van der Waals surface area (Å²) in [5.74, 6) is -0.677. The lowest BCUT2D eigenvalue weighted by molar-refractivity contribution is -0.144. The van der Waals surface area contributed by atoms with E-state index in [1.165, 1.54) is 14.0 Å². The van der Waals surface area contributed by atoms with E-state index in [1.54, 1.807) is 13.1 Å². The molecule has 1 aliphatic rings. The zero-order valence-corrected chi connectivity index (χ0v) is 17.9. The Balaban J connectivity index is 2.23. The molecular formula is C21H21BrN4O3. The van der Waals surface area contributed by atoms with Crippen molar-refractivity contribution in [3.05, 3.63) is 58.3 Å². The topological polar surface area (TPSA) is 93.0 Å². The standard InChI is InChI=1S/C21H21BrN4O3/c1-12(27)11-24-20-18(13(2)21(28)29-3)26-19(17-6-4-5-9-23-17)15-10-14(22)7-8-16(15)25-20/h4-10,13,18H,11H2,1-3H3,(H,24,25)/t13?,18-/m0/s1. The van der Waals surface area contributed by atoms with Crippen LogP contribution < -0.4 is 5.32 Å². The summed E-state index contributed by atoms with van der Waals surface area (Å²) < 4.78 is 5.81. The number of ether oxygens (including phenoxy) is 1. The fourth-order valence-corrected chi connectivity index (χ4v) is 3.36. The van der Waals surface area contributed by atoms with E-state index >= 15 is 0 Å². The van der Waals surface area contributed by atoms with Crippen molar-refractivity contribution in [2.24, 2.45) is 15.9 Å². The molecule has 1 unspecified atom stereocenters. The lowest BCUT2D eigenvalue weighted by Crippen LogP contribution is -2.36. The van der Waals surface area contributed by atoms with E-state index in [0.29, 0.717) is 17.2 Å². The van der Waals surface area contributed by atoms with Crippen LogP contribution in [0.3, 0.4) is 0 Å². The molecule has 0 aliphatic carbocycles. The number of fused-ring (bicyclic) bond motifs is 1. The summed E-state index contributed by atoms with van der Waals surface area (Å²) in [6.07, 6.45) is 1.69. The number of hydrogen-bond donors (Lipinski definition) is 1. The second kappa shape index (κ2) is 9.09. The highest BCUT2D eigenvalue weighted by Gasteiger charge is 2.33. The van der Waals surface area contributed by atoms with Gasteiger partial charge in [0.1, 0.15) is 11.9 Å². The van der Waals surface area contributed by atoms with Crippen molar-refractivity contribution in [1.82, 2.24) is 4.98 Å². The van der Waals surface area contributed by atoms with E-state index in [-0.39, 0.29) is 12.3 Å². The van der Waals surface area contributed by atoms with Crippen molar-refractivity contribution in [1.29, 1.82) is 0 Å². The van der Waals surface area contributed by atoms with Gasteiger partial charge in [-0.2, -0.15) is 0 Å². The van der Waals surface area contributed by atoms with Gasteiger partial charge in [-0.15, -0.1) is 0 Å². The maximum atomic E-state index is 12.3. The number of anilines is 1. The molecule has 0 radical (unpaired) electrons. The average molecular weight is 457 g/mol. The van der Waals surface area contributed by atoms with Crippen molar-refractivity contribution < 1.29 is 14.3 Å². The molecule has 150 valence electrons. The van der Waals surface area contributed by atoms with Gasteiger partial charge >= 0.3 is 5.97 Å². The molecule has 0 spiro atoms. The smallest absolute Gasteiger partial charge is 0.311 e. The van der Waals surface area contributed by atoms with Crippen LogP contribution in [0.15, 0.2) is 57.1 Å². The van der Waals surface area contributed by atoms with E-state index in [9.17, 15) is 9.59 Å². The molecule has 0 saturated heterocycles. The van der Waals surface area contributed by atoms with Gasteiger partial charge in [0.2, 0.25) is 0 Å². The Kier molecular flexibility index (Phi) is 6.53. The third-order valence-corrected chi connectivity index (χ3v) is 4.97. The SMILES string of the molecule is COC(=O)C(C)[C@@H]1N=C(c2ccccn2)c2cc(Br)ccc2NC1=NCC(C)=O. The number of methoxy groups -OCH3 is 1. The van der Waals surface area contributed by atoms with Crippen LogP contribution in [-0.4, -0.2) is 48.0 Å². The predicted octanol–water partition coefficient (Wildman–Crippen LogP) is 3.27. The van der Waals surface area contributed by atoms with Crippen LogP contribution in [0.4, 0.5) is 5.69 Å². The van der Waals surface area contributed by atoms with Crippen molar-refractivity contribution >= 4 is 44.9 Å². The molecule has 2 atom stereocenters. The van der Waals surface area contributed by atoms with Crippen LogP contribution in [0.1, 0.15) is 25.1 Å². The molecule has 3 rings (SSSR count). The number of amidine groups is 1. The zero-order valence-electron chi connectivity index (χ0n) is 16.3. The van der Waals surface area contributed by atoms with Crippen LogP contribution in [0, 0.1) is 5.92 Å². The number of pyridine rings is 1. The summed E-state index contributed by atoms with van der Waals surface area (Å²) in [6.45, 7) is 3.19. The fraction of sp³-hybridized carbons (Fsp3) is 0.286. The molecule has 1 aromatic carbocycles. The zero-order chi connectivity index (χ0) is 21.0. The number of esters is 1. The highest BCUT2D eigenvalue weighted by atomic mass is 79.9. The number of carbonyl (C=O) groups excluding carboxylic acids is 2. The quantitative estimate of drug-likeness (QED) is 0.696. The number of aromatic nitrogens is 1. The first-order valence-corrected chi connectivity index (χ1v) is 9.87. The minimum atomic E-state index is -0.662. The van der Waals surface area contributed by atoms with E-state index in [4.69, 9.17) is 9.73 Å². The highest BCUT2D eigenvalue weighted by molar-refractivity contribution is 9.10. The predicted molar refractivity (Wildman–Crippen MR) is 116 cm³/mol. The van der Waals surface area contributed by atoms with Gasteiger partial charge in [-0.25, -0.2) is 0 Å². The Labute approximate surface area is 177 Å². The first-order chi connectivity index (χ1) is 13.9. The van der Waals surface area contributed by atoms with E-state index in [2.05, 4.69) is 31.2 Å². The second-order valence-corrected chi connectivity index (χ2v) is 7.58. The Morgan fingerprint density at radius 1 is 1.31 bits per heavy atom. The summed E-state index contributed by atoms with van der Waals surface area (Å²) in [4.78, 5) is 37.6. The van der Waals surface area contributed by atoms with Crippen molar-refractivity contribution in [3.8, 4) is 0 Å². The van der Waals surface area contributed by atoms with Crippen LogP contribution in [0.5, 0.6) is 0 Å². The van der Waals surface area contributed by atoms with Crippen molar-refractivity contribution in [2.75, 3.05) is 19.0 Å². The van der Waals surface area contributed by atoms with Gasteiger partial charge in [-0.3, -0.25) is 24.6 Å². The molecule has 8 heteroatoms. The number of halogens is 1. The molecule has 1 aliphatic heterocycles. The average Bonchev–Trinajstić information content (AvgIpc) is 2.88. The summed E-state index contributed by atoms with van der Waals surface area (Å²) in [6, 6.07) is 10.6. The van der Waals surface area contributed by atoms with Crippen molar-refractivity contribution in [3.63, 3.8) is 0 Å². The Morgan fingerprint density at radius 2 is 2.10 bits per heavy atom. The van der Waals surface area contributed by atoms with Crippen LogP contribution in [-0.2, 0) is 14.3 Å². The molecular weight excluding hydrogens is 436 g/mol. The van der Waals surface area contributed by atoms with Gasteiger partial charge < -0.3 is 10.1 Å². The largest absolute Gasteiger partial charge is 0.469 e. The molecule has 2 heterocycles. The summed E-state index contributed by atoms with van der Waals surface area (Å²) >= 11 is 3.51. The third kappa shape index (κ3) is 4.76. The van der Waals surface area contributed by atoms with Gasteiger partial charge in [0.25, 0.3) is 0 Å². The van der Waals surface area contributed by atoms with Gasteiger partial charge in [0.05, 0.1) is 31.0 Å². The van der Waals surface area contributed by atoms with Gasteiger partial charge in [-0.1, -0.05) is 22.0 Å². The molecule has 1 aromatic heterocycles. The van der Waals surface area contributed by atoms with Gasteiger partial charge in [0.15, 0.2) is 5.78 Å². The van der Waals surface area contributed by atoms with Gasteiger partial charge in [0, 0.05) is 21.9 Å². The molecule has 0 saturated carbocycles. The summed E-state index contributed by atoms with van der Waals surface area (Å²) in [5, 5.41) is 3.28. The summed E-state index contributed by atoms with van der Waals surface area (Å²) in [5.41, 5.74) is 2.87. The first-order valence-electron chi connectivity index (χ1n) is 9.08. The minimum absolute atomic E-state index is 0.00692. The minimum Gasteiger partial charge on any atom is -0.469 e. The highest BCUT2D eigenvalue weighted by Crippen LogP contribution is 2.29. The molecule has 29 heavy (non-hydrogen) atoms. The second-order valence-electron chi connectivity index (χ2n) is 6.67. The number of nitrogens with one attached hydrogen (secondary N) is 1. The number of Topliss-reactive ketones (excluding diaryl/α,β-unsaturated/α-hetero) is 1. The number of carbonyl (C=O) groups is 2.